The molecule has 1 aromatic heterocycles. The van der Waals surface area contributed by atoms with Gasteiger partial charge in [-0.3, -0.25) is 9.69 Å². The molecule has 2 fully saturated rings. The quantitative estimate of drug-likeness (QED) is 0.665. The number of primary amides is 1. The van der Waals surface area contributed by atoms with Gasteiger partial charge in [-0.05, 0) is 37.8 Å². The van der Waals surface area contributed by atoms with Crippen molar-refractivity contribution in [3.05, 3.63) is 23.9 Å². The van der Waals surface area contributed by atoms with E-state index in [4.69, 9.17) is 5.73 Å². The summed E-state index contributed by atoms with van der Waals surface area (Å²) in [7, 11) is 0. The van der Waals surface area contributed by atoms with Gasteiger partial charge in [0.25, 0.3) is 0 Å². The highest BCUT2D eigenvalue weighted by molar-refractivity contribution is 5.92. The fourth-order valence-corrected chi connectivity index (χ4v) is 4.22. The number of aliphatic hydroxyl groups excluding tert-OH is 1. The van der Waals surface area contributed by atoms with E-state index in [1.54, 1.807) is 17.0 Å². The average Bonchev–Trinajstić information content (AvgIpc) is 2.72. The second-order valence-corrected chi connectivity index (χ2v) is 7.66. The largest absolute Gasteiger partial charge is 0.465 e. The van der Waals surface area contributed by atoms with Crippen LogP contribution in [0.1, 0.15) is 30.1 Å². The topological polar surface area (TPSA) is 123 Å². The van der Waals surface area contributed by atoms with Crippen LogP contribution in [0.5, 0.6) is 0 Å². The molecule has 3 rings (SSSR count). The van der Waals surface area contributed by atoms with Crippen molar-refractivity contribution in [2.24, 2.45) is 11.7 Å². The molecular formula is C19H29N5O4. The summed E-state index contributed by atoms with van der Waals surface area (Å²) < 4.78 is 0. The Labute approximate surface area is 164 Å². The van der Waals surface area contributed by atoms with E-state index < -0.39 is 12.0 Å². The molecule has 1 aromatic rings. The summed E-state index contributed by atoms with van der Waals surface area (Å²) in [6.45, 7) is 5.40. The number of nitrogens with zero attached hydrogens (tertiary/aromatic N) is 4. The minimum Gasteiger partial charge on any atom is -0.465 e. The van der Waals surface area contributed by atoms with Crippen LogP contribution in [-0.4, -0.2) is 88.4 Å². The smallest absolute Gasteiger partial charge is 0.407 e. The van der Waals surface area contributed by atoms with Crippen molar-refractivity contribution in [2.45, 2.75) is 31.8 Å². The summed E-state index contributed by atoms with van der Waals surface area (Å²) in [5.41, 5.74) is 5.64. The minimum absolute atomic E-state index is 0.0338. The van der Waals surface area contributed by atoms with Gasteiger partial charge in [-0.2, -0.15) is 0 Å². The molecule has 0 spiro atoms. The van der Waals surface area contributed by atoms with Crippen molar-refractivity contribution in [2.75, 3.05) is 44.2 Å². The third-order valence-corrected chi connectivity index (χ3v) is 6.02. The zero-order valence-electron chi connectivity index (χ0n) is 16.2. The van der Waals surface area contributed by atoms with Crippen molar-refractivity contribution < 1.29 is 19.8 Å². The van der Waals surface area contributed by atoms with Crippen LogP contribution >= 0.6 is 0 Å². The van der Waals surface area contributed by atoms with Gasteiger partial charge in [0, 0.05) is 45.0 Å². The Morgan fingerprint density at radius 2 is 1.96 bits per heavy atom. The minimum atomic E-state index is -0.868. The first-order valence-electron chi connectivity index (χ1n) is 9.76. The molecule has 9 heteroatoms. The lowest BCUT2D eigenvalue weighted by Crippen LogP contribution is -2.60. The SMILES string of the molecule is CC(CO)N1CCN(C(=O)O)[C@@H](C2CCN(c3ccc(C(N)=O)cn3)CC2)C1. The molecule has 1 unspecified atom stereocenters. The van der Waals surface area contributed by atoms with Gasteiger partial charge in [-0.25, -0.2) is 9.78 Å². The molecule has 2 amide bonds. The number of carbonyl (C=O) groups is 2. The molecule has 3 heterocycles. The zero-order valence-corrected chi connectivity index (χ0v) is 16.2. The molecule has 0 radical (unpaired) electrons. The van der Waals surface area contributed by atoms with E-state index in [1.807, 2.05) is 6.92 Å². The second-order valence-electron chi connectivity index (χ2n) is 7.66. The Morgan fingerprint density at radius 3 is 2.50 bits per heavy atom. The number of anilines is 1. The summed E-state index contributed by atoms with van der Waals surface area (Å²) in [5.74, 6) is 0.578. The second kappa shape index (κ2) is 8.74. The first-order chi connectivity index (χ1) is 13.4. The number of carboxylic acid groups (broad SMARTS) is 1. The Bertz CT molecular complexity index is 690. The number of amides is 2. The van der Waals surface area contributed by atoms with Gasteiger partial charge in [0.1, 0.15) is 5.82 Å². The Kier molecular flexibility index (Phi) is 6.35. The molecule has 0 bridgehead atoms. The van der Waals surface area contributed by atoms with Crippen LogP contribution in [0.4, 0.5) is 10.6 Å². The van der Waals surface area contributed by atoms with Crippen LogP contribution in [0, 0.1) is 5.92 Å². The van der Waals surface area contributed by atoms with Crippen molar-refractivity contribution in [3.8, 4) is 0 Å². The van der Waals surface area contributed by atoms with Gasteiger partial charge in [-0.1, -0.05) is 0 Å². The molecule has 9 nitrogen and oxygen atoms in total. The van der Waals surface area contributed by atoms with E-state index in [2.05, 4.69) is 14.8 Å². The maximum Gasteiger partial charge on any atom is 0.407 e. The number of rotatable bonds is 5. The van der Waals surface area contributed by atoms with Gasteiger partial charge in [0.2, 0.25) is 5.91 Å². The number of hydrogen-bond acceptors (Lipinski definition) is 6. The van der Waals surface area contributed by atoms with Crippen molar-refractivity contribution in [3.63, 3.8) is 0 Å². The molecule has 2 atom stereocenters. The fraction of sp³-hybridized carbons (Fsp3) is 0.632. The number of piperazine rings is 1. The molecule has 2 saturated heterocycles. The molecule has 4 N–H and O–H groups in total. The zero-order chi connectivity index (χ0) is 20.3. The van der Waals surface area contributed by atoms with Crippen molar-refractivity contribution >= 4 is 17.8 Å². The summed E-state index contributed by atoms with van der Waals surface area (Å²) in [4.78, 5) is 33.2. The highest BCUT2D eigenvalue weighted by Gasteiger charge is 2.38. The number of carbonyl (C=O) groups excluding carboxylic acids is 1. The number of aliphatic hydroxyl groups is 1. The van der Waals surface area contributed by atoms with Crippen LogP contribution in [-0.2, 0) is 0 Å². The molecule has 154 valence electrons. The van der Waals surface area contributed by atoms with Crippen LogP contribution in [0.25, 0.3) is 0 Å². The van der Waals surface area contributed by atoms with Crippen molar-refractivity contribution in [1.29, 1.82) is 0 Å². The summed E-state index contributed by atoms with van der Waals surface area (Å²) in [6.07, 6.45) is 2.36. The maximum absolute atomic E-state index is 11.7. The standard InChI is InChI=1S/C19H29N5O4/c1-13(12-25)23-8-9-24(19(27)28)16(11-23)14-4-6-22(7-5-14)17-3-2-15(10-21-17)18(20)26/h2-3,10,13-14,16,25H,4-9,11-12H2,1H3,(H2,20,26)(H,27,28)/t13?,16-/m1/s1. The van der Waals surface area contributed by atoms with Crippen LogP contribution in [0.2, 0.25) is 0 Å². The summed E-state index contributed by atoms with van der Waals surface area (Å²) in [5, 5.41) is 19.1. The lowest BCUT2D eigenvalue weighted by Gasteiger charge is -2.47. The van der Waals surface area contributed by atoms with Gasteiger partial charge in [0.15, 0.2) is 0 Å². The first kappa shape index (κ1) is 20.3. The number of piperidine rings is 1. The third kappa shape index (κ3) is 4.36. The molecule has 0 aliphatic carbocycles. The predicted octanol–water partition coefficient (Wildman–Crippen LogP) is 0.442. The van der Waals surface area contributed by atoms with Gasteiger partial charge >= 0.3 is 6.09 Å². The Hall–Kier alpha value is -2.39. The van der Waals surface area contributed by atoms with Crippen LogP contribution in [0.3, 0.4) is 0 Å². The van der Waals surface area contributed by atoms with E-state index >= 15 is 0 Å². The monoisotopic (exact) mass is 391 g/mol. The summed E-state index contributed by atoms with van der Waals surface area (Å²) >= 11 is 0. The highest BCUT2D eigenvalue weighted by atomic mass is 16.4. The van der Waals surface area contributed by atoms with E-state index in [9.17, 15) is 19.8 Å². The van der Waals surface area contributed by atoms with E-state index in [1.165, 1.54) is 6.20 Å². The normalized spacial score (nSPS) is 22.9. The van der Waals surface area contributed by atoms with E-state index in [-0.39, 0.29) is 24.6 Å². The lowest BCUT2D eigenvalue weighted by molar-refractivity contribution is 0.0122. The molecule has 28 heavy (non-hydrogen) atoms. The molecule has 2 aliphatic heterocycles. The van der Waals surface area contributed by atoms with E-state index in [0.717, 1.165) is 31.7 Å². The first-order valence-corrected chi connectivity index (χ1v) is 9.76. The number of aromatic nitrogens is 1. The Morgan fingerprint density at radius 1 is 1.25 bits per heavy atom. The number of hydrogen-bond donors (Lipinski definition) is 3. The third-order valence-electron chi connectivity index (χ3n) is 6.02. The number of nitrogens with two attached hydrogens (primary N) is 1. The van der Waals surface area contributed by atoms with Gasteiger partial charge < -0.3 is 25.7 Å². The molecule has 2 aliphatic rings. The highest BCUT2D eigenvalue weighted by Crippen LogP contribution is 2.29. The maximum atomic E-state index is 11.7. The predicted molar refractivity (Wildman–Crippen MR) is 104 cm³/mol. The van der Waals surface area contributed by atoms with Gasteiger partial charge in [-0.15, -0.1) is 0 Å². The summed E-state index contributed by atoms with van der Waals surface area (Å²) in [6, 6.07) is 3.45. The lowest BCUT2D eigenvalue weighted by atomic mass is 9.86. The Balaban J connectivity index is 1.64. The van der Waals surface area contributed by atoms with E-state index in [0.29, 0.717) is 25.2 Å². The van der Waals surface area contributed by atoms with Crippen LogP contribution in [0.15, 0.2) is 18.3 Å². The molecular weight excluding hydrogens is 362 g/mol. The average molecular weight is 391 g/mol. The molecule has 0 saturated carbocycles. The van der Waals surface area contributed by atoms with Crippen LogP contribution < -0.4 is 10.6 Å². The molecule has 0 aromatic carbocycles. The van der Waals surface area contributed by atoms with Gasteiger partial charge in [0.05, 0.1) is 18.2 Å². The fourth-order valence-electron chi connectivity index (χ4n) is 4.22. The van der Waals surface area contributed by atoms with Crippen molar-refractivity contribution in [1.82, 2.24) is 14.8 Å². The number of pyridine rings is 1.